The lowest BCUT2D eigenvalue weighted by Crippen LogP contribution is -2.47. The van der Waals surface area contributed by atoms with Crippen molar-refractivity contribution in [3.05, 3.63) is 76.2 Å². The Hall–Kier alpha value is -2.87. The molecule has 4 rings (SSSR count). The molecule has 4 nitrogen and oxygen atoms in total. The van der Waals surface area contributed by atoms with Gasteiger partial charge in [-0.15, -0.1) is 0 Å². The minimum atomic E-state index is -4.64. The quantitative estimate of drug-likeness (QED) is 0.556. The van der Waals surface area contributed by atoms with Crippen LogP contribution in [-0.2, 0) is 11.8 Å². The molecule has 1 atom stereocenters. The Kier molecular flexibility index (Phi) is 5.75. The summed E-state index contributed by atoms with van der Waals surface area (Å²) in [5.41, 5.74) is 12.3. The van der Waals surface area contributed by atoms with Gasteiger partial charge in [-0.3, -0.25) is 5.73 Å². The van der Waals surface area contributed by atoms with Crippen LogP contribution in [0.1, 0.15) is 67.2 Å². The maximum Gasteiger partial charge on any atom is 0.416 e. The molecule has 170 valence electrons. The van der Waals surface area contributed by atoms with Gasteiger partial charge in [0.2, 0.25) is 0 Å². The summed E-state index contributed by atoms with van der Waals surface area (Å²) < 4.78 is 53.5. The average molecular weight is 446 g/mol. The Morgan fingerprint density at radius 2 is 1.69 bits per heavy atom. The number of aliphatic imine (C=N–C) groups is 1. The molecule has 0 aromatic heterocycles. The smallest absolute Gasteiger partial charge is 0.397 e. The van der Waals surface area contributed by atoms with E-state index in [1.165, 1.54) is 24.8 Å². The number of amidine groups is 1. The molecule has 2 aromatic carbocycles. The molecule has 2 aliphatic rings. The van der Waals surface area contributed by atoms with E-state index in [4.69, 9.17) is 11.5 Å². The summed E-state index contributed by atoms with van der Waals surface area (Å²) in [5, 5.41) is 2.87. The highest BCUT2D eigenvalue weighted by molar-refractivity contribution is 5.93. The molecule has 0 spiro atoms. The highest BCUT2D eigenvalue weighted by Gasteiger charge is 2.37. The zero-order valence-corrected chi connectivity index (χ0v) is 17.8. The molecule has 1 aliphatic heterocycles. The van der Waals surface area contributed by atoms with Crippen molar-refractivity contribution in [3.8, 4) is 0 Å². The Morgan fingerprint density at radius 1 is 1.03 bits per heavy atom. The highest BCUT2D eigenvalue weighted by Crippen LogP contribution is 2.37. The summed E-state index contributed by atoms with van der Waals surface area (Å²) in [4.78, 5) is 4.47. The summed E-state index contributed by atoms with van der Waals surface area (Å²) in [6, 6.07) is 10.1. The van der Waals surface area contributed by atoms with Crippen LogP contribution in [0.3, 0.4) is 0 Å². The van der Waals surface area contributed by atoms with E-state index >= 15 is 0 Å². The first-order chi connectivity index (χ1) is 15.1. The molecular weight excluding hydrogens is 420 g/mol. The number of halogens is 4. The molecule has 2 aromatic rings. The van der Waals surface area contributed by atoms with Crippen molar-refractivity contribution in [2.24, 2.45) is 16.5 Å². The van der Waals surface area contributed by atoms with Crippen molar-refractivity contribution in [3.63, 3.8) is 0 Å². The molecule has 1 heterocycles. The summed E-state index contributed by atoms with van der Waals surface area (Å²) in [6.45, 7) is 1.65. The zero-order valence-electron chi connectivity index (χ0n) is 17.8. The minimum Gasteiger partial charge on any atom is -0.397 e. The van der Waals surface area contributed by atoms with Gasteiger partial charge in [0.05, 0.1) is 17.0 Å². The van der Waals surface area contributed by atoms with E-state index in [-0.39, 0.29) is 17.0 Å². The first-order valence-electron chi connectivity index (χ1n) is 10.7. The van der Waals surface area contributed by atoms with Crippen LogP contribution in [0, 0.1) is 5.82 Å². The number of rotatable bonds is 3. The van der Waals surface area contributed by atoms with Crippen molar-refractivity contribution >= 4 is 11.5 Å². The summed E-state index contributed by atoms with van der Waals surface area (Å²) >= 11 is 0. The predicted octanol–water partition coefficient (Wildman–Crippen LogP) is 5.35. The van der Waals surface area contributed by atoms with Gasteiger partial charge in [-0.25, -0.2) is 9.38 Å². The number of hydrogen-bond acceptors (Lipinski definition) is 4. The van der Waals surface area contributed by atoms with Crippen molar-refractivity contribution in [2.45, 2.75) is 56.8 Å². The van der Waals surface area contributed by atoms with Crippen LogP contribution in [0.5, 0.6) is 0 Å². The molecule has 1 saturated carbocycles. The van der Waals surface area contributed by atoms with E-state index in [0.29, 0.717) is 23.4 Å². The van der Waals surface area contributed by atoms with Gasteiger partial charge in [-0.2, -0.15) is 13.2 Å². The van der Waals surface area contributed by atoms with Crippen LogP contribution < -0.4 is 16.8 Å². The van der Waals surface area contributed by atoms with Crippen LogP contribution >= 0.6 is 0 Å². The SMILES string of the molecule is CC1=NC(N)(c2ccc(C3CCCCC3)cc2)C(N)=C(c2ccc(C(F)(F)F)cc2F)N1. The highest BCUT2D eigenvalue weighted by atomic mass is 19.4. The van der Waals surface area contributed by atoms with Gasteiger partial charge in [-0.05, 0) is 49.4 Å². The van der Waals surface area contributed by atoms with E-state index < -0.39 is 23.2 Å². The number of hydrogen-bond donors (Lipinski definition) is 3. The third-order valence-corrected chi connectivity index (χ3v) is 6.32. The lowest BCUT2D eigenvalue weighted by atomic mass is 9.83. The lowest BCUT2D eigenvalue weighted by Gasteiger charge is -2.34. The molecule has 8 heteroatoms. The lowest BCUT2D eigenvalue weighted by molar-refractivity contribution is -0.137. The third-order valence-electron chi connectivity index (χ3n) is 6.32. The van der Waals surface area contributed by atoms with Gasteiger partial charge in [-0.1, -0.05) is 43.5 Å². The van der Waals surface area contributed by atoms with Crippen LogP contribution in [0.15, 0.2) is 53.2 Å². The molecule has 1 fully saturated rings. The Balaban J connectivity index is 1.71. The Morgan fingerprint density at radius 3 is 2.28 bits per heavy atom. The maximum absolute atomic E-state index is 14.7. The summed E-state index contributed by atoms with van der Waals surface area (Å²) in [7, 11) is 0. The van der Waals surface area contributed by atoms with Gasteiger partial charge in [0.25, 0.3) is 0 Å². The normalized spacial score (nSPS) is 22.5. The Labute approximate surface area is 184 Å². The monoisotopic (exact) mass is 446 g/mol. The van der Waals surface area contributed by atoms with Gasteiger partial charge >= 0.3 is 6.18 Å². The molecule has 32 heavy (non-hydrogen) atoms. The molecule has 0 amide bonds. The summed E-state index contributed by atoms with van der Waals surface area (Å²) in [5.74, 6) is -0.142. The van der Waals surface area contributed by atoms with E-state index in [0.717, 1.165) is 25.0 Å². The van der Waals surface area contributed by atoms with Crippen LogP contribution in [0.25, 0.3) is 5.70 Å². The Bertz CT molecular complexity index is 1070. The van der Waals surface area contributed by atoms with E-state index in [1.54, 1.807) is 6.92 Å². The second-order valence-electron chi connectivity index (χ2n) is 8.53. The molecule has 0 radical (unpaired) electrons. The number of nitrogens with two attached hydrogens (primary N) is 2. The van der Waals surface area contributed by atoms with Gasteiger partial charge < -0.3 is 11.1 Å². The summed E-state index contributed by atoms with van der Waals surface area (Å²) in [6.07, 6.45) is 1.39. The molecule has 1 aliphatic carbocycles. The van der Waals surface area contributed by atoms with Crippen molar-refractivity contribution in [1.82, 2.24) is 5.32 Å². The maximum atomic E-state index is 14.7. The second-order valence-corrected chi connectivity index (χ2v) is 8.53. The largest absolute Gasteiger partial charge is 0.416 e. The topological polar surface area (TPSA) is 76.4 Å². The fourth-order valence-corrected chi connectivity index (χ4v) is 4.56. The van der Waals surface area contributed by atoms with Crippen molar-refractivity contribution in [1.29, 1.82) is 0 Å². The molecule has 0 saturated heterocycles. The number of alkyl halides is 3. The first kappa shape index (κ1) is 22.3. The number of nitrogens with zero attached hydrogens (tertiary/aromatic N) is 1. The molecule has 0 bridgehead atoms. The number of nitrogens with one attached hydrogen (secondary N) is 1. The van der Waals surface area contributed by atoms with Gasteiger partial charge in [0, 0.05) is 11.1 Å². The van der Waals surface area contributed by atoms with Crippen LogP contribution in [-0.4, -0.2) is 5.84 Å². The zero-order chi connectivity index (χ0) is 23.1. The van der Waals surface area contributed by atoms with Crippen LogP contribution in [0.2, 0.25) is 0 Å². The number of benzene rings is 2. The fourth-order valence-electron chi connectivity index (χ4n) is 4.56. The van der Waals surface area contributed by atoms with Gasteiger partial charge in [0.15, 0.2) is 5.66 Å². The molecule has 5 N–H and O–H groups in total. The third kappa shape index (κ3) is 4.11. The second kappa shape index (κ2) is 8.24. The predicted molar refractivity (Wildman–Crippen MR) is 117 cm³/mol. The van der Waals surface area contributed by atoms with E-state index in [9.17, 15) is 17.6 Å². The van der Waals surface area contributed by atoms with Gasteiger partial charge in [0.1, 0.15) is 11.7 Å². The standard InChI is InChI=1S/C24H26F4N4/c1-14-31-21(19-12-11-18(13-20(19)25)24(26,27)28)22(29)23(30,32-14)17-9-7-16(8-10-17)15-5-3-2-4-6-15/h7-13,15H,2-6,29-30H2,1H3,(H,31,32). The minimum absolute atomic E-state index is 0.0344. The van der Waals surface area contributed by atoms with Crippen molar-refractivity contribution < 1.29 is 17.6 Å². The van der Waals surface area contributed by atoms with Crippen LogP contribution in [0.4, 0.5) is 17.6 Å². The van der Waals surface area contributed by atoms with E-state index in [1.807, 2.05) is 24.3 Å². The molecular formula is C24H26F4N4. The molecule has 1 unspecified atom stereocenters. The van der Waals surface area contributed by atoms with Crippen molar-refractivity contribution in [2.75, 3.05) is 0 Å². The van der Waals surface area contributed by atoms with E-state index in [2.05, 4.69) is 10.3 Å². The first-order valence-corrected chi connectivity index (χ1v) is 10.7. The average Bonchev–Trinajstić information content (AvgIpc) is 2.76. The fraction of sp³-hybridized carbons (Fsp3) is 0.375.